The molecule has 0 bridgehead atoms. The first-order valence-corrected chi connectivity index (χ1v) is 8.47. The van der Waals surface area contributed by atoms with Crippen LogP contribution in [0.1, 0.15) is 5.56 Å². The zero-order chi connectivity index (χ0) is 17.4. The van der Waals surface area contributed by atoms with Gasteiger partial charge in [0.2, 0.25) is 0 Å². The molecule has 3 nitrogen and oxygen atoms in total. The Morgan fingerprint density at radius 3 is 1.91 bits per heavy atom. The van der Waals surface area contributed by atoms with Crippen molar-refractivity contribution in [2.24, 2.45) is 0 Å². The van der Waals surface area contributed by atoms with E-state index in [1.165, 1.54) is 0 Å². The number of nitrogens with one attached hydrogen (secondary N) is 1. The van der Waals surface area contributed by atoms with Crippen molar-refractivity contribution in [1.82, 2.24) is 0 Å². The minimum atomic E-state index is -4.51. The molecule has 0 aliphatic carbocycles. The van der Waals surface area contributed by atoms with E-state index in [4.69, 9.17) is 34.8 Å². The van der Waals surface area contributed by atoms with E-state index in [1.807, 2.05) is 0 Å². The Morgan fingerprint density at radius 1 is 0.870 bits per heavy atom. The van der Waals surface area contributed by atoms with Gasteiger partial charge in [-0.2, -0.15) is 13.2 Å². The summed E-state index contributed by atoms with van der Waals surface area (Å²) in [5.41, 5.74) is -0.951. The Hall–Kier alpha value is -1.15. The van der Waals surface area contributed by atoms with Gasteiger partial charge in [0, 0.05) is 5.69 Å². The molecule has 10 heteroatoms. The average Bonchev–Trinajstić information content (AvgIpc) is 2.41. The van der Waals surface area contributed by atoms with Gasteiger partial charge in [-0.05, 0) is 36.4 Å². The molecule has 1 N–H and O–H groups in total. The molecule has 2 aromatic carbocycles. The molecule has 0 radical (unpaired) electrons. The highest BCUT2D eigenvalue weighted by atomic mass is 35.5. The van der Waals surface area contributed by atoms with Gasteiger partial charge in [0.05, 0.1) is 20.6 Å². The van der Waals surface area contributed by atoms with Gasteiger partial charge in [0.25, 0.3) is 10.0 Å². The number of hydrogen-bond acceptors (Lipinski definition) is 2. The molecule has 0 unspecified atom stereocenters. The van der Waals surface area contributed by atoms with Crippen LogP contribution < -0.4 is 4.72 Å². The van der Waals surface area contributed by atoms with Crippen LogP contribution in [0.4, 0.5) is 18.9 Å². The Bertz CT molecular complexity index is 837. The van der Waals surface area contributed by atoms with Crippen molar-refractivity contribution >= 4 is 50.5 Å². The molecular weight excluding hydrogens is 398 g/mol. The van der Waals surface area contributed by atoms with E-state index in [2.05, 4.69) is 4.72 Å². The normalized spacial score (nSPS) is 12.3. The fourth-order valence-corrected chi connectivity index (χ4v) is 3.71. The van der Waals surface area contributed by atoms with Gasteiger partial charge in [-0.1, -0.05) is 34.8 Å². The van der Waals surface area contributed by atoms with Crippen molar-refractivity contribution in [3.8, 4) is 0 Å². The van der Waals surface area contributed by atoms with Crippen LogP contribution in [0, 0.1) is 0 Å². The second-order valence-electron chi connectivity index (χ2n) is 4.38. The number of rotatable bonds is 3. The molecular formula is C13H7Cl3F3NO2S. The lowest BCUT2D eigenvalue weighted by atomic mass is 10.2. The maximum absolute atomic E-state index is 12.5. The molecule has 0 aliphatic heterocycles. The molecule has 0 aromatic heterocycles. The quantitative estimate of drug-likeness (QED) is 0.690. The van der Waals surface area contributed by atoms with Crippen LogP contribution in [0.15, 0.2) is 41.3 Å². The van der Waals surface area contributed by atoms with Crippen molar-refractivity contribution < 1.29 is 21.6 Å². The zero-order valence-electron chi connectivity index (χ0n) is 11.0. The molecule has 0 saturated carbocycles. The lowest BCUT2D eigenvalue weighted by Gasteiger charge is -2.12. The lowest BCUT2D eigenvalue weighted by molar-refractivity contribution is -0.137. The van der Waals surface area contributed by atoms with Crippen LogP contribution in [0.25, 0.3) is 0 Å². The van der Waals surface area contributed by atoms with Gasteiger partial charge in [0.15, 0.2) is 0 Å². The predicted molar refractivity (Wildman–Crippen MR) is 83.7 cm³/mol. The van der Waals surface area contributed by atoms with Gasteiger partial charge in [-0.15, -0.1) is 0 Å². The summed E-state index contributed by atoms with van der Waals surface area (Å²) in [4.78, 5) is -0.339. The van der Waals surface area contributed by atoms with E-state index in [9.17, 15) is 21.6 Å². The van der Waals surface area contributed by atoms with E-state index in [0.29, 0.717) is 0 Å². The lowest BCUT2D eigenvalue weighted by Crippen LogP contribution is -2.14. The van der Waals surface area contributed by atoms with Crippen molar-refractivity contribution in [1.29, 1.82) is 0 Å². The third-order valence-corrected chi connectivity index (χ3v) is 5.30. The smallest absolute Gasteiger partial charge is 0.280 e. The second kappa shape index (κ2) is 6.39. The van der Waals surface area contributed by atoms with Gasteiger partial charge in [0.1, 0.15) is 4.90 Å². The van der Waals surface area contributed by atoms with Crippen LogP contribution in [0.2, 0.25) is 15.1 Å². The number of anilines is 1. The second-order valence-corrected chi connectivity index (χ2v) is 7.25. The Balaban J connectivity index is 2.34. The molecule has 124 valence electrons. The van der Waals surface area contributed by atoms with E-state index >= 15 is 0 Å². The highest BCUT2D eigenvalue weighted by Gasteiger charge is 2.30. The SMILES string of the molecule is O=S(=O)(Nc1ccc(C(F)(F)F)cc1)c1cc(Cl)c(Cl)cc1Cl. The molecule has 2 aromatic rings. The third kappa shape index (κ3) is 4.23. The first-order chi connectivity index (χ1) is 10.5. The summed E-state index contributed by atoms with van der Waals surface area (Å²) in [6, 6.07) is 5.71. The van der Waals surface area contributed by atoms with E-state index in [0.717, 1.165) is 36.4 Å². The fraction of sp³-hybridized carbons (Fsp3) is 0.0769. The van der Waals surface area contributed by atoms with E-state index in [1.54, 1.807) is 0 Å². The van der Waals surface area contributed by atoms with Crippen LogP contribution >= 0.6 is 34.8 Å². The van der Waals surface area contributed by atoms with Crippen LogP contribution in [-0.4, -0.2) is 8.42 Å². The number of sulfonamides is 1. The van der Waals surface area contributed by atoms with E-state index in [-0.39, 0.29) is 25.7 Å². The van der Waals surface area contributed by atoms with Crippen LogP contribution in [0.5, 0.6) is 0 Å². The molecule has 0 atom stereocenters. The third-order valence-electron chi connectivity index (χ3n) is 2.73. The van der Waals surface area contributed by atoms with E-state index < -0.39 is 21.8 Å². The summed E-state index contributed by atoms with van der Waals surface area (Å²) in [7, 11) is -4.14. The maximum Gasteiger partial charge on any atom is 0.416 e. The minimum absolute atomic E-state index is 0.0242. The topological polar surface area (TPSA) is 46.2 Å². The summed E-state index contributed by atoms with van der Waals surface area (Å²) < 4.78 is 64.0. The number of halogens is 6. The van der Waals surface area contributed by atoms with Gasteiger partial charge in [-0.3, -0.25) is 4.72 Å². The summed E-state index contributed by atoms with van der Waals surface area (Å²) in [5.74, 6) is 0. The van der Waals surface area contributed by atoms with Crippen molar-refractivity contribution in [3.63, 3.8) is 0 Å². The molecule has 0 amide bonds. The molecule has 2 rings (SSSR count). The van der Waals surface area contributed by atoms with Gasteiger partial charge < -0.3 is 0 Å². The van der Waals surface area contributed by atoms with Crippen molar-refractivity contribution in [3.05, 3.63) is 57.0 Å². The zero-order valence-corrected chi connectivity index (χ0v) is 14.0. The predicted octanol–water partition coefficient (Wildman–Crippen LogP) is 5.47. The van der Waals surface area contributed by atoms with Crippen molar-refractivity contribution in [2.75, 3.05) is 4.72 Å². The summed E-state index contributed by atoms with van der Waals surface area (Å²) in [6.07, 6.45) is -4.51. The molecule has 0 spiro atoms. The van der Waals surface area contributed by atoms with Gasteiger partial charge >= 0.3 is 6.18 Å². The number of benzene rings is 2. The first-order valence-electron chi connectivity index (χ1n) is 5.85. The van der Waals surface area contributed by atoms with Crippen LogP contribution in [0.3, 0.4) is 0 Å². The maximum atomic E-state index is 12.5. The Morgan fingerprint density at radius 2 is 1.39 bits per heavy atom. The molecule has 0 fully saturated rings. The van der Waals surface area contributed by atoms with Crippen molar-refractivity contribution in [2.45, 2.75) is 11.1 Å². The number of alkyl halides is 3. The standard InChI is InChI=1S/C13H7Cl3F3NO2S/c14-9-5-11(16)12(6-10(9)15)23(21,22)20-8-3-1-7(2-4-8)13(17,18)19/h1-6,20H. The molecule has 0 saturated heterocycles. The Labute approximate surface area is 145 Å². The molecule has 23 heavy (non-hydrogen) atoms. The summed E-state index contributed by atoms with van der Waals surface area (Å²) in [5, 5.41) is -0.118. The average molecular weight is 405 g/mol. The number of hydrogen-bond donors (Lipinski definition) is 1. The summed E-state index contributed by atoms with van der Waals surface area (Å²) in [6.45, 7) is 0. The highest BCUT2D eigenvalue weighted by molar-refractivity contribution is 7.92. The largest absolute Gasteiger partial charge is 0.416 e. The monoisotopic (exact) mass is 403 g/mol. The minimum Gasteiger partial charge on any atom is -0.280 e. The van der Waals surface area contributed by atoms with Crippen LogP contribution in [-0.2, 0) is 16.2 Å². The summed E-state index contributed by atoms with van der Waals surface area (Å²) >= 11 is 17.3. The fourth-order valence-electron chi connectivity index (χ4n) is 1.65. The molecule has 0 aliphatic rings. The van der Waals surface area contributed by atoms with Gasteiger partial charge in [-0.25, -0.2) is 8.42 Å². The first kappa shape index (κ1) is 18.2. The molecule has 0 heterocycles. The highest BCUT2D eigenvalue weighted by Crippen LogP contribution is 2.33. The Kier molecular flexibility index (Phi) is 5.06.